The van der Waals surface area contributed by atoms with Gasteiger partial charge < -0.3 is 14.5 Å². The Morgan fingerprint density at radius 3 is 2.27 bits per heavy atom. The number of carbonyl (C=O) groups is 4. The molecular weight excluding hydrogens is 428 g/mol. The van der Waals surface area contributed by atoms with E-state index in [1.165, 1.54) is 13.8 Å². The van der Waals surface area contributed by atoms with Crippen LogP contribution in [0.5, 0.6) is 0 Å². The fourth-order valence-electron chi connectivity index (χ4n) is 5.11. The monoisotopic (exact) mass is 458 g/mol. The van der Waals surface area contributed by atoms with Crippen LogP contribution in [0.15, 0.2) is 30.3 Å². The Kier molecular flexibility index (Phi) is 6.29. The van der Waals surface area contributed by atoms with Crippen LogP contribution in [0.1, 0.15) is 33.1 Å². The molecule has 178 valence electrons. The van der Waals surface area contributed by atoms with Crippen molar-refractivity contribution in [2.24, 2.45) is 11.8 Å². The largest absolute Gasteiger partial charge is 0.433 e. The Hall–Kier alpha value is -3.14. The highest BCUT2D eigenvalue weighted by Crippen LogP contribution is 2.38. The summed E-state index contributed by atoms with van der Waals surface area (Å²) in [5.41, 5.74) is 1.51. The fourth-order valence-corrected chi connectivity index (χ4v) is 5.11. The van der Waals surface area contributed by atoms with Gasteiger partial charge in [-0.15, -0.1) is 0 Å². The molecule has 4 rings (SSSR count). The van der Waals surface area contributed by atoms with Crippen LogP contribution in [0.25, 0.3) is 0 Å². The first-order chi connectivity index (χ1) is 15.7. The number of nitrogens with one attached hydrogen (secondary N) is 1. The van der Waals surface area contributed by atoms with Crippen LogP contribution >= 0.6 is 0 Å². The number of para-hydroxylation sites is 1. The highest BCUT2D eigenvalue weighted by atomic mass is 16.6. The minimum Gasteiger partial charge on any atom is -0.433 e. The summed E-state index contributed by atoms with van der Waals surface area (Å²) in [7, 11) is 0. The summed E-state index contributed by atoms with van der Waals surface area (Å²) < 4.78 is 5.17. The summed E-state index contributed by atoms with van der Waals surface area (Å²) in [4.78, 5) is 55.9. The minimum atomic E-state index is -1.25. The van der Waals surface area contributed by atoms with Crippen LogP contribution in [-0.4, -0.2) is 76.6 Å². The molecule has 1 aromatic carbocycles. The van der Waals surface area contributed by atoms with Gasteiger partial charge in [0.2, 0.25) is 11.8 Å². The van der Waals surface area contributed by atoms with Crippen molar-refractivity contribution in [1.82, 2.24) is 15.3 Å². The van der Waals surface area contributed by atoms with Gasteiger partial charge in [0.15, 0.2) is 5.60 Å². The standard InChI is InChI=1S/C23H30N4O6/c1-23(2)21(30)27(22(31)33-23)16-8-9-17(18(14-16)19(28)24-32)20(29)26-12-10-25(11-13-26)15-6-4-3-5-7-15/h3-7,16-18,32H,8-14H2,1-2H3,(H,24,28)/t16-,17-,18-/m1/s1. The third kappa shape index (κ3) is 4.39. The summed E-state index contributed by atoms with van der Waals surface area (Å²) in [6, 6.07) is 9.42. The van der Waals surface area contributed by atoms with Crippen molar-refractivity contribution in [3.63, 3.8) is 0 Å². The van der Waals surface area contributed by atoms with E-state index in [4.69, 9.17) is 4.74 Å². The van der Waals surface area contributed by atoms with Crippen molar-refractivity contribution in [2.75, 3.05) is 31.1 Å². The maximum atomic E-state index is 13.4. The van der Waals surface area contributed by atoms with E-state index in [1.54, 1.807) is 10.4 Å². The molecule has 0 radical (unpaired) electrons. The molecule has 1 aliphatic carbocycles. The van der Waals surface area contributed by atoms with Crippen LogP contribution in [0.2, 0.25) is 0 Å². The molecule has 0 bridgehead atoms. The summed E-state index contributed by atoms with van der Waals surface area (Å²) in [5.74, 6) is -2.75. The Morgan fingerprint density at radius 2 is 1.70 bits per heavy atom. The van der Waals surface area contributed by atoms with E-state index in [0.717, 1.165) is 10.6 Å². The lowest BCUT2D eigenvalue weighted by Crippen LogP contribution is -2.55. The number of imide groups is 1. The number of piperazine rings is 1. The van der Waals surface area contributed by atoms with Gasteiger partial charge in [-0.2, -0.15) is 0 Å². The summed E-state index contributed by atoms with van der Waals surface area (Å²) in [6.45, 7) is 5.49. The van der Waals surface area contributed by atoms with E-state index in [1.807, 2.05) is 30.3 Å². The van der Waals surface area contributed by atoms with Gasteiger partial charge in [0.25, 0.3) is 5.91 Å². The molecule has 10 heteroatoms. The zero-order valence-corrected chi connectivity index (χ0v) is 18.9. The molecule has 1 saturated carbocycles. The maximum absolute atomic E-state index is 13.4. The molecule has 10 nitrogen and oxygen atoms in total. The van der Waals surface area contributed by atoms with Gasteiger partial charge >= 0.3 is 6.09 Å². The number of hydrogen-bond acceptors (Lipinski definition) is 7. The van der Waals surface area contributed by atoms with Crippen molar-refractivity contribution in [3.8, 4) is 0 Å². The lowest BCUT2D eigenvalue weighted by molar-refractivity contribution is -0.149. The van der Waals surface area contributed by atoms with Gasteiger partial charge in [0.1, 0.15) is 0 Å². The number of hydrogen-bond donors (Lipinski definition) is 2. The molecule has 0 aromatic heterocycles. The summed E-state index contributed by atoms with van der Waals surface area (Å²) >= 11 is 0. The Morgan fingerprint density at radius 1 is 1.03 bits per heavy atom. The van der Waals surface area contributed by atoms with E-state index in [2.05, 4.69) is 4.90 Å². The van der Waals surface area contributed by atoms with Crippen molar-refractivity contribution in [3.05, 3.63) is 30.3 Å². The first kappa shape index (κ1) is 23.0. The average Bonchev–Trinajstić information content (AvgIpc) is 3.04. The zero-order chi connectivity index (χ0) is 23.8. The number of rotatable bonds is 4. The quantitative estimate of drug-likeness (QED) is 0.517. The number of hydroxylamine groups is 1. The third-order valence-corrected chi connectivity index (χ3v) is 6.94. The maximum Gasteiger partial charge on any atom is 0.417 e. The average molecular weight is 459 g/mol. The second-order valence-corrected chi connectivity index (χ2v) is 9.36. The molecule has 3 fully saturated rings. The molecule has 4 amide bonds. The molecule has 1 aromatic rings. The molecule has 33 heavy (non-hydrogen) atoms. The number of benzene rings is 1. The summed E-state index contributed by atoms with van der Waals surface area (Å²) in [6.07, 6.45) is 0.0914. The molecule has 3 aliphatic rings. The highest BCUT2D eigenvalue weighted by Gasteiger charge is 2.52. The van der Waals surface area contributed by atoms with E-state index in [-0.39, 0.29) is 12.3 Å². The summed E-state index contributed by atoms with van der Waals surface area (Å²) in [5, 5.41) is 9.29. The second-order valence-electron chi connectivity index (χ2n) is 9.36. The van der Waals surface area contributed by atoms with Crippen LogP contribution < -0.4 is 10.4 Å². The first-order valence-electron chi connectivity index (χ1n) is 11.3. The first-order valence-corrected chi connectivity index (χ1v) is 11.3. The molecule has 0 spiro atoms. The third-order valence-electron chi connectivity index (χ3n) is 6.94. The van der Waals surface area contributed by atoms with Crippen molar-refractivity contribution >= 4 is 29.5 Å². The Balaban J connectivity index is 1.43. The molecule has 2 saturated heterocycles. The van der Waals surface area contributed by atoms with Crippen molar-refractivity contribution in [2.45, 2.75) is 44.8 Å². The molecule has 2 heterocycles. The van der Waals surface area contributed by atoms with Crippen LogP contribution in [0.4, 0.5) is 10.5 Å². The molecule has 2 N–H and O–H groups in total. The van der Waals surface area contributed by atoms with Gasteiger partial charge in [-0.3, -0.25) is 19.6 Å². The van der Waals surface area contributed by atoms with Crippen LogP contribution in [-0.2, 0) is 19.1 Å². The Labute approximate surface area is 192 Å². The second kappa shape index (κ2) is 9.01. The SMILES string of the molecule is CC1(C)OC(=O)N([C@@H]2CC[C@@H](C(=O)N3CCN(c4ccccc4)CC3)[C@H](C(=O)NO)C2)C1=O. The van der Waals surface area contributed by atoms with E-state index < -0.39 is 41.4 Å². The number of carbonyl (C=O) groups excluding carboxylic acids is 4. The zero-order valence-electron chi connectivity index (χ0n) is 18.9. The van der Waals surface area contributed by atoms with Gasteiger partial charge in [0.05, 0.1) is 5.92 Å². The van der Waals surface area contributed by atoms with Gasteiger partial charge in [0, 0.05) is 43.8 Å². The Bertz CT molecular complexity index is 928. The smallest absolute Gasteiger partial charge is 0.417 e. The lowest BCUT2D eigenvalue weighted by atomic mass is 9.75. The van der Waals surface area contributed by atoms with Crippen molar-refractivity contribution < 1.29 is 29.1 Å². The molecule has 0 unspecified atom stereocenters. The van der Waals surface area contributed by atoms with Crippen LogP contribution in [0, 0.1) is 11.8 Å². The fraction of sp³-hybridized carbons (Fsp3) is 0.565. The number of cyclic esters (lactones) is 1. The number of amides is 4. The van der Waals surface area contributed by atoms with Gasteiger partial charge in [-0.05, 0) is 45.2 Å². The highest BCUT2D eigenvalue weighted by molar-refractivity contribution is 6.02. The molecular formula is C23H30N4O6. The topological polar surface area (TPSA) is 119 Å². The van der Waals surface area contributed by atoms with Gasteiger partial charge in [-0.1, -0.05) is 18.2 Å². The predicted molar refractivity (Wildman–Crippen MR) is 117 cm³/mol. The normalized spacial score (nSPS) is 27.4. The van der Waals surface area contributed by atoms with Crippen molar-refractivity contribution in [1.29, 1.82) is 0 Å². The van der Waals surface area contributed by atoms with E-state index in [0.29, 0.717) is 39.0 Å². The molecule has 2 aliphatic heterocycles. The minimum absolute atomic E-state index is 0.101. The van der Waals surface area contributed by atoms with Gasteiger partial charge in [-0.25, -0.2) is 15.2 Å². The number of anilines is 1. The number of nitrogens with zero attached hydrogens (tertiary/aromatic N) is 3. The van der Waals surface area contributed by atoms with E-state index in [9.17, 15) is 24.4 Å². The van der Waals surface area contributed by atoms with E-state index >= 15 is 0 Å². The number of ether oxygens (including phenoxy) is 1. The molecule has 3 atom stereocenters. The predicted octanol–water partition coefficient (Wildman–Crippen LogP) is 1.38. The van der Waals surface area contributed by atoms with Crippen LogP contribution in [0.3, 0.4) is 0 Å². The lowest BCUT2D eigenvalue weighted by Gasteiger charge is -2.41.